The van der Waals surface area contributed by atoms with E-state index >= 15 is 0 Å². The number of ether oxygens (including phenoxy) is 1. The second kappa shape index (κ2) is 8.21. The van der Waals surface area contributed by atoms with Crippen LogP contribution in [0.3, 0.4) is 0 Å². The second-order valence-electron chi connectivity index (χ2n) is 5.74. The zero-order valence-corrected chi connectivity index (χ0v) is 14.1. The lowest BCUT2D eigenvalue weighted by molar-refractivity contribution is 0.301. The number of halogens is 1. The van der Waals surface area contributed by atoms with Gasteiger partial charge < -0.3 is 10.5 Å². The normalized spacial score (nSPS) is 12.2. The van der Waals surface area contributed by atoms with Crippen LogP contribution in [0.15, 0.2) is 42.5 Å². The van der Waals surface area contributed by atoms with Crippen molar-refractivity contribution in [1.82, 2.24) is 0 Å². The van der Waals surface area contributed by atoms with E-state index in [4.69, 9.17) is 22.1 Å². The summed E-state index contributed by atoms with van der Waals surface area (Å²) in [6, 6.07) is 14.1. The molecular formula is C19H24ClNO. The molecule has 118 valence electrons. The number of hydrogen-bond donors (Lipinski definition) is 1. The van der Waals surface area contributed by atoms with Crippen LogP contribution in [-0.2, 0) is 0 Å². The lowest BCUT2D eigenvalue weighted by Gasteiger charge is -2.18. The fourth-order valence-electron chi connectivity index (χ4n) is 2.65. The highest BCUT2D eigenvalue weighted by atomic mass is 35.5. The zero-order chi connectivity index (χ0) is 15.9. The molecule has 0 heterocycles. The van der Waals surface area contributed by atoms with Gasteiger partial charge in [-0.3, -0.25) is 0 Å². The maximum absolute atomic E-state index is 5.98. The molecular weight excluding hydrogens is 294 g/mol. The van der Waals surface area contributed by atoms with Gasteiger partial charge in [0.05, 0.1) is 6.61 Å². The van der Waals surface area contributed by atoms with E-state index < -0.39 is 0 Å². The molecule has 22 heavy (non-hydrogen) atoms. The summed E-state index contributed by atoms with van der Waals surface area (Å²) in [5, 5.41) is 0.727. The van der Waals surface area contributed by atoms with Gasteiger partial charge in [-0.1, -0.05) is 35.4 Å². The van der Waals surface area contributed by atoms with E-state index in [2.05, 4.69) is 32.0 Å². The number of aryl methyl sites for hydroxylation is 2. The predicted molar refractivity (Wildman–Crippen MR) is 93.9 cm³/mol. The smallest absolute Gasteiger partial charge is 0.119 e. The van der Waals surface area contributed by atoms with Crippen LogP contribution in [0.25, 0.3) is 0 Å². The first kappa shape index (κ1) is 16.9. The van der Waals surface area contributed by atoms with E-state index in [0.717, 1.165) is 23.6 Å². The third-order valence-electron chi connectivity index (χ3n) is 3.94. The Morgan fingerprint density at radius 3 is 2.50 bits per heavy atom. The van der Waals surface area contributed by atoms with Crippen LogP contribution in [0.2, 0.25) is 5.02 Å². The fourth-order valence-corrected chi connectivity index (χ4v) is 2.78. The van der Waals surface area contributed by atoms with Crippen molar-refractivity contribution in [1.29, 1.82) is 0 Å². The van der Waals surface area contributed by atoms with Gasteiger partial charge in [0.15, 0.2) is 0 Å². The highest BCUT2D eigenvalue weighted by Gasteiger charge is 2.12. The number of nitrogens with two attached hydrogens (primary N) is 1. The average Bonchev–Trinajstić information content (AvgIpc) is 2.52. The van der Waals surface area contributed by atoms with Crippen LogP contribution >= 0.6 is 11.6 Å². The third-order valence-corrected chi connectivity index (χ3v) is 4.19. The van der Waals surface area contributed by atoms with Gasteiger partial charge in [0.2, 0.25) is 0 Å². The molecule has 0 aliphatic heterocycles. The van der Waals surface area contributed by atoms with Gasteiger partial charge in [0, 0.05) is 5.02 Å². The first-order valence-corrected chi connectivity index (χ1v) is 8.13. The Bertz CT molecular complexity index is 595. The quantitative estimate of drug-likeness (QED) is 0.740. The van der Waals surface area contributed by atoms with Crippen molar-refractivity contribution in [3.8, 4) is 5.75 Å². The van der Waals surface area contributed by atoms with Gasteiger partial charge in [-0.25, -0.2) is 0 Å². The first-order valence-electron chi connectivity index (χ1n) is 7.75. The van der Waals surface area contributed by atoms with E-state index in [1.54, 1.807) is 0 Å². The summed E-state index contributed by atoms with van der Waals surface area (Å²) in [5.74, 6) is 1.26. The Hall–Kier alpha value is -1.51. The molecule has 2 nitrogen and oxygen atoms in total. The van der Waals surface area contributed by atoms with E-state index in [0.29, 0.717) is 19.1 Å². The largest absolute Gasteiger partial charge is 0.494 e. The van der Waals surface area contributed by atoms with E-state index in [-0.39, 0.29) is 0 Å². The molecule has 2 aromatic carbocycles. The lowest BCUT2D eigenvalue weighted by atomic mass is 9.90. The molecule has 0 bridgehead atoms. The SMILES string of the molecule is Cc1ccc(C)c(C(CN)CCCOc2ccc(Cl)cc2)c1. The first-order chi connectivity index (χ1) is 10.6. The van der Waals surface area contributed by atoms with Crippen LogP contribution in [0.1, 0.15) is 35.4 Å². The van der Waals surface area contributed by atoms with E-state index in [1.165, 1.54) is 16.7 Å². The second-order valence-corrected chi connectivity index (χ2v) is 6.17. The summed E-state index contributed by atoms with van der Waals surface area (Å²) in [4.78, 5) is 0. The third kappa shape index (κ3) is 4.75. The van der Waals surface area contributed by atoms with Gasteiger partial charge in [0.25, 0.3) is 0 Å². The average molecular weight is 318 g/mol. The number of hydrogen-bond acceptors (Lipinski definition) is 2. The standard InChI is InChI=1S/C19H24ClNO/c1-14-5-6-15(2)19(12-14)16(13-21)4-3-11-22-18-9-7-17(20)8-10-18/h5-10,12,16H,3-4,11,13,21H2,1-2H3. The van der Waals surface area contributed by atoms with Crippen molar-refractivity contribution in [2.24, 2.45) is 5.73 Å². The van der Waals surface area contributed by atoms with Crippen molar-refractivity contribution in [2.75, 3.05) is 13.2 Å². The molecule has 0 saturated heterocycles. The van der Waals surface area contributed by atoms with Crippen LogP contribution in [0.5, 0.6) is 5.75 Å². The topological polar surface area (TPSA) is 35.2 Å². The van der Waals surface area contributed by atoms with Gasteiger partial charge in [-0.2, -0.15) is 0 Å². The molecule has 0 aromatic heterocycles. The molecule has 0 spiro atoms. The van der Waals surface area contributed by atoms with E-state index in [9.17, 15) is 0 Å². The highest BCUT2D eigenvalue weighted by molar-refractivity contribution is 6.30. The van der Waals surface area contributed by atoms with Crippen molar-refractivity contribution in [2.45, 2.75) is 32.6 Å². The Balaban J connectivity index is 1.86. The summed E-state index contributed by atoms with van der Waals surface area (Å²) in [6.07, 6.45) is 2.02. The van der Waals surface area contributed by atoms with Gasteiger partial charge in [0.1, 0.15) is 5.75 Å². The minimum absolute atomic E-state index is 0.397. The monoisotopic (exact) mass is 317 g/mol. The lowest BCUT2D eigenvalue weighted by Crippen LogP contribution is -2.15. The summed E-state index contributed by atoms with van der Waals surface area (Å²) >= 11 is 5.86. The van der Waals surface area contributed by atoms with Gasteiger partial charge >= 0.3 is 0 Å². The van der Waals surface area contributed by atoms with Crippen LogP contribution in [0, 0.1) is 13.8 Å². The molecule has 2 aromatic rings. The Morgan fingerprint density at radius 2 is 1.82 bits per heavy atom. The van der Waals surface area contributed by atoms with E-state index in [1.807, 2.05) is 24.3 Å². The molecule has 0 amide bonds. The van der Waals surface area contributed by atoms with Crippen molar-refractivity contribution in [3.05, 3.63) is 64.2 Å². The molecule has 0 radical (unpaired) electrons. The van der Waals surface area contributed by atoms with Crippen molar-refractivity contribution >= 4 is 11.6 Å². The fraction of sp³-hybridized carbons (Fsp3) is 0.368. The maximum Gasteiger partial charge on any atom is 0.119 e. The van der Waals surface area contributed by atoms with Crippen LogP contribution in [0.4, 0.5) is 0 Å². The summed E-state index contributed by atoms with van der Waals surface area (Å²) in [7, 11) is 0. The molecule has 2 N–H and O–H groups in total. The van der Waals surface area contributed by atoms with Crippen molar-refractivity contribution in [3.63, 3.8) is 0 Å². The highest BCUT2D eigenvalue weighted by Crippen LogP contribution is 2.25. The molecule has 0 aliphatic carbocycles. The Kier molecular flexibility index (Phi) is 6.29. The summed E-state index contributed by atoms with van der Waals surface area (Å²) in [6.45, 7) is 5.65. The van der Waals surface area contributed by atoms with Gasteiger partial charge in [-0.05, 0) is 74.5 Å². The molecule has 3 heteroatoms. The minimum Gasteiger partial charge on any atom is -0.494 e. The minimum atomic E-state index is 0.397. The molecule has 0 aliphatic rings. The molecule has 0 fully saturated rings. The molecule has 0 saturated carbocycles. The maximum atomic E-state index is 5.98. The number of rotatable bonds is 7. The Labute approximate surface area is 138 Å². The molecule has 1 atom stereocenters. The van der Waals surface area contributed by atoms with Crippen molar-refractivity contribution < 1.29 is 4.74 Å². The predicted octanol–water partition coefficient (Wildman–Crippen LogP) is 4.86. The number of benzene rings is 2. The summed E-state index contributed by atoms with van der Waals surface area (Å²) in [5.41, 5.74) is 9.96. The van der Waals surface area contributed by atoms with Gasteiger partial charge in [-0.15, -0.1) is 0 Å². The Morgan fingerprint density at radius 1 is 1.09 bits per heavy atom. The summed E-state index contributed by atoms with van der Waals surface area (Å²) < 4.78 is 5.75. The van der Waals surface area contributed by atoms with Crippen LogP contribution in [-0.4, -0.2) is 13.2 Å². The molecule has 1 unspecified atom stereocenters. The van der Waals surface area contributed by atoms with Crippen LogP contribution < -0.4 is 10.5 Å². The zero-order valence-electron chi connectivity index (χ0n) is 13.3. The molecule has 2 rings (SSSR count).